The number of carbonyl (C=O) groups is 1. The second-order valence-electron chi connectivity index (χ2n) is 4.66. The molecule has 0 bridgehead atoms. The van der Waals surface area contributed by atoms with E-state index in [1.165, 1.54) is 11.8 Å². The van der Waals surface area contributed by atoms with Gasteiger partial charge in [0.15, 0.2) is 0 Å². The van der Waals surface area contributed by atoms with E-state index in [2.05, 4.69) is 21.2 Å². The lowest BCUT2D eigenvalue weighted by atomic mass is 10.3. The smallest absolute Gasteiger partial charge is 0.234 e. The van der Waals surface area contributed by atoms with Crippen LogP contribution < -0.4 is 14.8 Å². The van der Waals surface area contributed by atoms with Crippen molar-refractivity contribution < 1.29 is 14.3 Å². The Hall–Kier alpha value is -1.66. The molecule has 0 atom stereocenters. The Morgan fingerprint density at radius 3 is 2.43 bits per heavy atom. The molecule has 0 spiro atoms. The number of rotatable bonds is 8. The molecule has 0 unspecified atom stereocenters. The van der Waals surface area contributed by atoms with Crippen LogP contribution in [0.5, 0.6) is 11.5 Å². The third kappa shape index (κ3) is 6.54. The van der Waals surface area contributed by atoms with Crippen LogP contribution in [-0.2, 0) is 4.79 Å². The van der Waals surface area contributed by atoms with E-state index in [1.54, 1.807) is 0 Å². The number of carbonyl (C=O) groups excluding carboxylic acids is 1. The Morgan fingerprint density at radius 2 is 1.78 bits per heavy atom. The standard InChI is InChI=1S/C17H18BrNO3S/c1-23-12-17(20)19-14-5-7-15(8-6-14)21-9-10-22-16-4-2-3-13(18)11-16/h2-8,11H,9-10,12H2,1H3,(H,19,20). The fraction of sp³-hybridized carbons (Fsp3) is 0.235. The van der Waals surface area contributed by atoms with Crippen molar-refractivity contribution in [3.63, 3.8) is 0 Å². The van der Waals surface area contributed by atoms with Crippen LogP contribution in [0.25, 0.3) is 0 Å². The van der Waals surface area contributed by atoms with E-state index in [4.69, 9.17) is 9.47 Å². The molecule has 0 aliphatic rings. The highest BCUT2D eigenvalue weighted by atomic mass is 79.9. The number of ether oxygens (including phenoxy) is 2. The molecule has 2 rings (SSSR count). The Balaban J connectivity index is 1.72. The number of benzene rings is 2. The summed E-state index contributed by atoms with van der Waals surface area (Å²) >= 11 is 4.89. The lowest BCUT2D eigenvalue weighted by Gasteiger charge is -2.09. The van der Waals surface area contributed by atoms with Gasteiger partial charge in [-0.25, -0.2) is 0 Å². The number of hydrogen-bond acceptors (Lipinski definition) is 4. The van der Waals surface area contributed by atoms with E-state index in [1.807, 2.05) is 54.8 Å². The van der Waals surface area contributed by atoms with Crippen LogP contribution in [-0.4, -0.2) is 31.1 Å². The van der Waals surface area contributed by atoms with Crippen molar-refractivity contribution in [3.8, 4) is 11.5 Å². The largest absolute Gasteiger partial charge is 0.490 e. The maximum absolute atomic E-state index is 11.5. The van der Waals surface area contributed by atoms with E-state index in [0.717, 1.165) is 21.7 Å². The van der Waals surface area contributed by atoms with Crippen LogP contribution in [0, 0.1) is 0 Å². The first kappa shape index (κ1) is 17.7. The topological polar surface area (TPSA) is 47.6 Å². The van der Waals surface area contributed by atoms with E-state index in [-0.39, 0.29) is 5.91 Å². The Bertz CT molecular complexity index is 634. The number of anilines is 1. The first-order chi connectivity index (χ1) is 11.2. The molecule has 0 fully saturated rings. The van der Waals surface area contributed by atoms with Gasteiger partial charge in [0.2, 0.25) is 5.91 Å². The fourth-order valence-corrected chi connectivity index (χ4v) is 2.55. The summed E-state index contributed by atoms with van der Waals surface area (Å²) in [5.41, 5.74) is 0.766. The summed E-state index contributed by atoms with van der Waals surface area (Å²) in [6.45, 7) is 0.910. The summed E-state index contributed by atoms with van der Waals surface area (Å²) in [4.78, 5) is 11.5. The highest BCUT2D eigenvalue weighted by Gasteiger charge is 2.01. The molecular formula is C17H18BrNO3S. The molecule has 1 N–H and O–H groups in total. The average Bonchev–Trinajstić information content (AvgIpc) is 2.53. The molecule has 0 radical (unpaired) electrons. The fourth-order valence-electron chi connectivity index (χ4n) is 1.84. The summed E-state index contributed by atoms with van der Waals surface area (Å²) < 4.78 is 12.2. The van der Waals surface area contributed by atoms with Crippen molar-refractivity contribution >= 4 is 39.3 Å². The molecule has 122 valence electrons. The molecule has 0 saturated heterocycles. The first-order valence-corrected chi connectivity index (χ1v) is 9.26. The molecule has 0 aromatic heterocycles. The number of nitrogens with one attached hydrogen (secondary N) is 1. The predicted molar refractivity (Wildman–Crippen MR) is 98.6 cm³/mol. The van der Waals surface area contributed by atoms with Crippen LogP contribution in [0.15, 0.2) is 53.0 Å². The van der Waals surface area contributed by atoms with Crippen LogP contribution >= 0.6 is 27.7 Å². The Kier molecular flexibility index (Phi) is 7.29. The van der Waals surface area contributed by atoms with Gasteiger partial charge in [-0.3, -0.25) is 4.79 Å². The SMILES string of the molecule is CSCC(=O)Nc1ccc(OCCOc2cccc(Br)c2)cc1. The van der Waals surface area contributed by atoms with E-state index >= 15 is 0 Å². The third-order valence-corrected chi connectivity index (χ3v) is 3.87. The van der Waals surface area contributed by atoms with Gasteiger partial charge >= 0.3 is 0 Å². The van der Waals surface area contributed by atoms with Crippen LogP contribution in [0.2, 0.25) is 0 Å². The van der Waals surface area contributed by atoms with Crippen LogP contribution in [0.4, 0.5) is 5.69 Å². The zero-order valence-electron chi connectivity index (χ0n) is 12.8. The molecule has 1 amide bonds. The first-order valence-electron chi connectivity index (χ1n) is 7.07. The predicted octanol–water partition coefficient (Wildman–Crippen LogP) is 4.21. The van der Waals surface area contributed by atoms with Crippen molar-refractivity contribution in [1.29, 1.82) is 0 Å². The van der Waals surface area contributed by atoms with Gasteiger partial charge in [-0.05, 0) is 48.7 Å². The molecule has 2 aromatic rings. The quantitative estimate of drug-likeness (QED) is 0.680. The molecule has 6 heteroatoms. The van der Waals surface area contributed by atoms with Crippen molar-refractivity contribution in [3.05, 3.63) is 53.0 Å². The number of hydrogen-bond donors (Lipinski definition) is 1. The van der Waals surface area contributed by atoms with Gasteiger partial charge in [-0.15, -0.1) is 0 Å². The molecule has 2 aromatic carbocycles. The van der Waals surface area contributed by atoms with Gasteiger partial charge in [-0.1, -0.05) is 22.0 Å². The molecule has 0 saturated carbocycles. The van der Waals surface area contributed by atoms with E-state index < -0.39 is 0 Å². The Labute approximate surface area is 148 Å². The van der Waals surface area contributed by atoms with E-state index in [0.29, 0.717) is 19.0 Å². The number of halogens is 1. The van der Waals surface area contributed by atoms with Gasteiger partial charge in [0.05, 0.1) is 5.75 Å². The molecule has 0 heterocycles. The number of amides is 1. The van der Waals surface area contributed by atoms with Gasteiger partial charge in [-0.2, -0.15) is 11.8 Å². The summed E-state index contributed by atoms with van der Waals surface area (Å²) in [6, 6.07) is 15.0. The van der Waals surface area contributed by atoms with Gasteiger partial charge in [0.25, 0.3) is 0 Å². The summed E-state index contributed by atoms with van der Waals surface area (Å²) in [5.74, 6) is 1.99. The summed E-state index contributed by atoms with van der Waals surface area (Å²) in [6.07, 6.45) is 1.90. The van der Waals surface area contributed by atoms with Gasteiger partial charge in [0, 0.05) is 10.2 Å². The molecule has 0 aliphatic carbocycles. The molecule has 23 heavy (non-hydrogen) atoms. The minimum absolute atomic E-state index is 0.00593. The normalized spacial score (nSPS) is 10.2. The minimum Gasteiger partial charge on any atom is -0.490 e. The lowest BCUT2D eigenvalue weighted by molar-refractivity contribution is -0.113. The van der Waals surface area contributed by atoms with Crippen molar-refractivity contribution in [2.75, 3.05) is 30.5 Å². The summed E-state index contributed by atoms with van der Waals surface area (Å²) in [5, 5.41) is 2.82. The van der Waals surface area contributed by atoms with Gasteiger partial charge < -0.3 is 14.8 Å². The van der Waals surface area contributed by atoms with Crippen molar-refractivity contribution in [2.24, 2.45) is 0 Å². The van der Waals surface area contributed by atoms with Crippen LogP contribution in [0.1, 0.15) is 0 Å². The maximum Gasteiger partial charge on any atom is 0.234 e. The van der Waals surface area contributed by atoms with E-state index in [9.17, 15) is 4.79 Å². The zero-order valence-corrected chi connectivity index (χ0v) is 15.2. The Morgan fingerprint density at radius 1 is 1.09 bits per heavy atom. The highest BCUT2D eigenvalue weighted by Crippen LogP contribution is 2.18. The lowest BCUT2D eigenvalue weighted by Crippen LogP contribution is -2.13. The van der Waals surface area contributed by atoms with Crippen molar-refractivity contribution in [2.45, 2.75) is 0 Å². The van der Waals surface area contributed by atoms with Gasteiger partial charge in [0.1, 0.15) is 24.7 Å². The summed E-state index contributed by atoms with van der Waals surface area (Å²) in [7, 11) is 0. The maximum atomic E-state index is 11.5. The molecule has 0 aliphatic heterocycles. The minimum atomic E-state index is -0.00593. The second-order valence-corrected chi connectivity index (χ2v) is 6.44. The molecule has 4 nitrogen and oxygen atoms in total. The zero-order chi connectivity index (χ0) is 16.5. The van der Waals surface area contributed by atoms with Crippen LogP contribution in [0.3, 0.4) is 0 Å². The average molecular weight is 396 g/mol. The number of thioether (sulfide) groups is 1. The second kappa shape index (κ2) is 9.47. The van der Waals surface area contributed by atoms with Crippen molar-refractivity contribution in [1.82, 2.24) is 0 Å². The monoisotopic (exact) mass is 395 g/mol. The molecular weight excluding hydrogens is 378 g/mol. The highest BCUT2D eigenvalue weighted by molar-refractivity contribution is 9.10. The third-order valence-electron chi connectivity index (χ3n) is 2.83.